The minimum Gasteiger partial charge on any atom is -0.457 e. The highest BCUT2D eigenvalue weighted by molar-refractivity contribution is 7.89. The number of cyclic esters (lactones) is 1. The lowest BCUT2D eigenvalue weighted by Gasteiger charge is -2.41. The average molecular weight is 603 g/mol. The average Bonchev–Trinajstić information content (AvgIpc) is 3.36. The van der Waals surface area contributed by atoms with Gasteiger partial charge in [-0.05, 0) is 74.1 Å². The normalized spacial score (nSPS) is 18.8. The van der Waals surface area contributed by atoms with Crippen LogP contribution < -0.4 is 4.90 Å². The Morgan fingerprint density at radius 3 is 2.60 bits per heavy atom. The maximum atomic E-state index is 14.5. The van der Waals surface area contributed by atoms with E-state index in [0.717, 1.165) is 29.3 Å². The van der Waals surface area contributed by atoms with Crippen molar-refractivity contribution in [1.82, 2.24) is 9.29 Å². The molecule has 0 spiro atoms. The first-order valence-corrected chi connectivity index (χ1v) is 15.9. The van der Waals surface area contributed by atoms with Gasteiger partial charge in [0, 0.05) is 29.6 Å². The number of nitrogens with zero attached hydrogens (tertiary/aromatic N) is 4. The SMILES string of the molecule is Cc1c(F)cc(S(=O)(=O)N2CC[C@@H]2C(=O)N(Cc2ccc(C3CCCCC3)cn2)c2ccc3c(c2)COC3=O)cc1C#N. The molecule has 2 aromatic carbocycles. The lowest BCUT2D eigenvalue weighted by Crippen LogP contribution is -2.59. The third-order valence-corrected chi connectivity index (χ3v) is 10.7. The first-order valence-electron chi connectivity index (χ1n) is 14.5. The molecular formula is C32H31FN4O5S. The Bertz CT molecular complexity index is 1750. The zero-order chi connectivity index (χ0) is 30.3. The summed E-state index contributed by atoms with van der Waals surface area (Å²) in [6.07, 6.45) is 8.06. The molecule has 1 atom stereocenters. The van der Waals surface area contributed by atoms with Crippen molar-refractivity contribution in [2.45, 2.75) is 75.5 Å². The highest BCUT2D eigenvalue weighted by Gasteiger charge is 2.45. The molecule has 1 aliphatic carbocycles. The topological polar surface area (TPSA) is 121 Å². The minimum absolute atomic E-state index is 0.0601. The van der Waals surface area contributed by atoms with Crippen molar-refractivity contribution >= 4 is 27.6 Å². The Kier molecular flexibility index (Phi) is 7.75. The Morgan fingerprint density at radius 1 is 1.14 bits per heavy atom. The molecule has 3 aliphatic rings. The fourth-order valence-corrected chi connectivity index (χ4v) is 7.75. The molecule has 0 bridgehead atoms. The van der Waals surface area contributed by atoms with E-state index in [9.17, 15) is 27.7 Å². The number of benzene rings is 2. The zero-order valence-corrected chi connectivity index (χ0v) is 24.6. The van der Waals surface area contributed by atoms with Gasteiger partial charge in [-0.15, -0.1) is 0 Å². The number of pyridine rings is 1. The molecule has 2 aliphatic heterocycles. The maximum absolute atomic E-state index is 14.5. The summed E-state index contributed by atoms with van der Waals surface area (Å²) in [5.74, 6) is -1.23. The number of nitriles is 1. The van der Waals surface area contributed by atoms with Crippen molar-refractivity contribution in [1.29, 1.82) is 5.26 Å². The van der Waals surface area contributed by atoms with Crippen LogP contribution in [0.5, 0.6) is 0 Å². The number of hydrogen-bond donors (Lipinski definition) is 0. The number of fused-ring (bicyclic) bond motifs is 1. The van der Waals surface area contributed by atoms with Gasteiger partial charge in [-0.25, -0.2) is 17.6 Å². The van der Waals surface area contributed by atoms with E-state index in [-0.39, 0.29) is 42.1 Å². The van der Waals surface area contributed by atoms with Gasteiger partial charge in [0.2, 0.25) is 15.9 Å². The molecular weight excluding hydrogens is 571 g/mol. The van der Waals surface area contributed by atoms with E-state index in [1.165, 1.54) is 36.6 Å². The summed E-state index contributed by atoms with van der Waals surface area (Å²) in [7, 11) is -4.28. The minimum atomic E-state index is -4.28. The van der Waals surface area contributed by atoms with Gasteiger partial charge in [0.05, 0.1) is 34.3 Å². The van der Waals surface area contributed by atoms with Gasteiger partial charge >= 0.3 is 5.97 Å². The molecule has 9 nitrogen and oxygen atoms in total. The first-order chi connectivity index (χ1) is 20.7. The molecule has 3 heterocycles. The van der Waals surface area contributed by atoms with E-state index in [2.05, 4.69) is 11.1 Å². The van der Waals surface area contributed by atoms with E-state index in [4.69, 9.17) is 4.74 Å². The summed E-state index contributed by atoms with van der Waals surface area (Å²) in [4.78, 5) is 31.9. The maximum Gasteiger partial charge on any atom is 0.338 e. The number of halogens is 1. The van der Waals surface area contributed by atoms with Gasteiger partial charge in [-0.2, -0.15) is 9.57 Å². The van der Waals surface area contributed by atoms with Crippen LogP contribution in [0, 0.1) is 24.1 Å². The van der Waals surface area contributed by atoms with Crippen LogP contribution in [0.1, 0.15) is 82.7 Å². The molecule has 43 heavy (non-hydrogen) atoms. The smallest absolute Gasteiger partial charge is 0.338 e. The molecule has 1 saturated heterocycles. The number of sulfonamides is 1. The molecule has 222 valence electrons. The number of hydrogen-bond acceptors (Lipinski definition) is 7. The van der Waals surface area contributed by atoms with E-state index in [0.29, 0.717) is 28.4 Å². The van der Waals surface area contributed by atoms with Gasteiger partial charge in [-0.3, -0.25) is 9.78 Å². The number of esters is 1. The lowest BCUT2D eigenvalue weighted by molar-refractivity contribution is -0.125. The van der Waals surface area contributed by atoms with Gasteiger partial charge in [0.25, 0.3) is 0 Å². The third kappa shape index (κ3) is 5.41. The van der Waals surface area contributed by atoms with Crippen LogP contribution in [0.3, 0.4) is 0 Å². The second-order valence-corrected chi connectivity index (χ2v) is 13.3. The number of anilines is 1. The number of ether oxygens (including phenoxy) is 1. The fourth-order valence-electron chi connectivity index (χ4n) is 6.09. The predicted molar refractivity (Wildman–Crippen MR) is 155 cm³/mol. The largest absolute Gasteiger partial charge is 0.457 e. The summed E-state index contributed by atoms with van der Waals surface area (Å²) in [5.41, 5.74) is 3.33. The van der Waals surface area contributed by atoms with Crippen molar-refractivity contribution in [3.8, 4) is 6.07 Å². The molecule has 0 radical (unpaired) electrons. The van der Waals surface area contributed by atoms with Crippen LogP contribution in [0.4, 0.5) is 10.1 Å². The third-order valence-electron chi connectivity index (χ3n) is 8.79. The predicted octanol–water partition coefficient (Wildman–Crippen LogP) is 5.12. The molecule has 0 unspecified atom stereocenters. The quantitative estimate of drug-likeness (QED) is 0.345. The Hall–Kier alpha value is -4.14. The van der Waals surface area contributed by atoms with E-state index < -0.39 is 33.8 Å². The van der Waals surface area contributed by atoms with Crippen molar-refractivity contribution in [3.63, 3.8) is 0 Å². The number of carbonyl (C=O) groups is 2. The molecule has 3 aromatic rings. The summed E-state index contributed by atoms with van der Waals surface area (Å²) >= 11 is 0. The van der Waals surface area contributed by atoms with Gasteiger partial charge in [0.1, 0.15) is 18.5 Å². The second kappa shape index (κ2) is 11.5. The number of amides is 1. The highest BCUT2D eigenvalue weighted by Crippen LogP contribution is 2.34. The first kappa shape index (κ1) is 29.0. The van der Waals surface area contributed by atoms with Gasteiger partial charge in [-0.1, -0.05) is 25.3 Å². The van der Waals surface area contributed by atoms with Crippen LogP contribution >= 0.6 is 0 Å². The molecule has 6 rings (SSSR count). The van der Waals surface area contributed by atoms with Crippen molar-refractivity contribution in [2.24, 2.45) is 0 Å². The van der Waals surface area contributed by atoms with Crippen molar-refractivity contribution in [3.05, 3.63) is 88.0 Å². The Balaban J connectivity index is 1.30. The molecule has 1 aromatic heterocycles. The summed E-state index contributed by atoms with van der Waals surface area (Å²) < 4.78 is 47.8. The lowest BCUT2D eigenvalue weighted by atomic mass is 9.85. The summed E-state index contributed by atoms with van der Waals surface area (Å²) in [5, 5.41) is 9.37. The molecule has 2 fully saturated rings. The van der Waals surface area contributed by atoms with Gasteiger partial charge < -0.3 is 9.64 Å². The fraction of sp³-hybridized carbons (Fsp3) is 0.375. The second-order valence-electron chi connectivity index (χ2n) is 11.4. The van der Waals surface area contributed by atoms with Crippen LogP contribution in [-0.2, 0) is 32.7 Å². The highest BCUT2D eigenvalue weighted by atomic mass is 32.2. The Labute approximate surface area is 249 Å². The number of carbonyl (C=O) groups excluding carboxylic acids is 2. The molecule has 1 amide bonds. The standard InChI is InChI=1S/C32H31FN4O5S/c1-20-23(16-34)14-27(15-29(20)33)43(40,41)37-12-11-30(37)31(38)36(26-9-10-28-24(13-26)19-42-32(28)39)18-25-8-7-22(17-35-25)21-5-3-2-4-6-21/h7-10,13-15,17,21,30H,2-6,11-12,18-19H2,1H3/t30-/m1/s1. The van der Waals surface area contributed by atoms with Crippen LogP contribution in [0.25, 0.3) is 0 Å². The van der Waals surface area contributed by atoms with Crippen molar-refractivity contribution < 1.29 is 27.1 Å². The van der Waals surface area contributed by atoms with E-state index >= 15 is 0 Å². The molecule has 1 saturated carbocycles. The van der Waals surface area contributed by atoms with Crippen molar-refractivity contribution in [2.75, 3.05) is 11.4 Å². The summed E-state index contributed by atoms with van der Waals surface area (Å²) in [6.45, 7) is 1.65. The zero-order valence-electron chi connectivity index (χ0n) is 23.8. The van der Waals surface area contributed by atoms with Gasteiger partial charge in [0.15, 0.2) is 0 Å². The number of rotatable bonds is 7. The molecule has 0 N–H and O–H groups in total. The Morgan fingerprint density at radius 2 is 1.93 bits per heavy atom. The van der Waals surface area contributed by atoms with Crippen LogP contribution in [0.15, 0.2) is 53.6 Å². The van der Waals surface area contributed by atoms with E-state index in [1.54, 1.807) is 18.2 Å². The monoisotopic (exact) mass is 602 g/mol. The molecule has 11 heteroatoms. The van der Waals surface area contributed by atoms with E-state index in [1.807, 2.05) is 18.3 Å². The van der Waals surface area contributed by atoms with Crippen LogP contribution in [0.2, 0.25) is 0 Å². The number of aromatic nitrogens is 1. The summed E-state index contributed by atoms with van der Waals surface area (Å²) in [6, 6.07) is 11.7. The van der Waals surface area contributed by atoms with Crippen LogP contribution in [-0.4, -0.2) is 42.2 Å².